The van der Waals surface area contributed by atoms with Crippen LogP contribution >= 0.6 is 0 Å². The molecule has 0 aliphatic rings. The zero-order chi connectivity index (χ0) is 12.8. The number of pyridine rings is 1. The normalized spacial score (nSPS) is 12.2. The maximum atomic E-state index is 8.73. The average Bonchev–Trinajstić information content (AvgIpc) is 2.43. The SMILES string of the molecule is CCC(CC#N)NCc1cncc2ccccc12. The van der Waals surface area contributed by atoms with Gasteiger partial charge in [-0.05, 0) is 17.4 Å². The second kappa shape index (κ2) is 6.13. The van der Waals surface area contributed by atoms with Crippen molar-refractivity contribution in [3.05, 3.63) is 42.2 Å². The standard InChI is InChI=1S/C15H17N3/c1-2-14(7-8-16)18-11-13-10-17-9-12-5-3-4-6-15(12)13/h3-6,9-10,14,18H,2,7,11H2,1H3. The molecule has 1 heterocycles. The lowest BCUT2D eigenvalue weighted by atomic mass is 10.1. The van der Waals surface area contributed by atoms with Gasteiger partial charge in [-0.1, -0.05) is 31.2 Å². The fraction of sp³-hybridized carbons (Fsp3) is 0.333. The quantitative estimate of drug-likeness (QED) is 0.872. The van der Waals surface area contributed by atoms with Gasteiger partial charge < -0.3 is 5.32 Å². The summed E-state index contributed by atoms with van der Waals surface area (Å²) in [5, 5.41) is 14.5. The Bertz CT molecular complexity index is 552. The number of aromatic nitrogens is 1. The van der Waals surface area contributed by atoms with Gasteiger partial charge in [0.25, 0.3) is 0 Å². The molecule has 1 unspecified atom stereocenters. The van der Waals surface area contributed by atoms with Gasteiger partial charge in [0, 0.05) is 30.4 Å². The van der Waals surface area contributed by atoms with Gasteiger partial charge in [0.05, 0.1) is 12.5 Å². The molecule has 1 N–H and O–H groups in total. The minimum Gasteiger partial charge on any atom is -0.309 e. The summed E-state index contributed by atoms with van der Waals surface area (Å²) in [5.41, 5.74) is 1.18. The molecule has 2 rings (SSSR count). The van der Waals surface area contributed by atoms with E-state index in [-0.39, 0.29) is 6.04 Å². The minimum absolute atomic E-state index is 0.258. The largest absolute Gasteiger partial charge is 0.309 e. The first-order chi connectivity index (χ1) is 8.85. The number of hydrogen-bond acceptors (Lipinski definition) is 3. The van der Waals surface area contributed by atoms with Crippen molar-refractivity contribution < 1.29 is 0 Å². The Balaban J connectivity index is 2.14. The fourth-order valence-electron chi connectivity index (χ4n) is 2.05. The zero-order valence-corrected chi connectivity index (χ0v) is 10.6. The number of nitrogens with zero attached hydrogens (tertiary/aromatic N) is 2. The first-order valence-electron chi connectivity index (χ1n) is 6.27. The molecule has 2 aromatic rings. The van der Waals surface area contributed by atoms with Crippen LogP contribution in [0.25, 0.3) is 10.8 Å². The molecule has 18 heavy (non-hydrogen) atoms. The predicted octanol–water partition coefficient (Wildman–Crippen LogP) is 3.02. The lowest BCUT2D eigenvalue weighted by molar-refractivity contribution is 0.505. The lowest BCUT2D eigenvalue weighted by Gasteiger charge is -2.14. The molecule has 1 aromatic carbocycles. The van der Waals surface area contributed by atoms with Crippen LogP contribution in [0.3, 0.4) is 0 Å². The summed E-state index contributed by atoms with van der Waals surface area (Å²) >= 11 is 0. The summed E-state index contributed by atoms with van der Waals surface area (Å²) in [6, 6.07) is 10.7. The van der Waals surface area contributed by atoms with Gasteiger partial charge in [-0.25, -0.2) is 0 Å². The van der Waals surface area contributed by atoms with Gasteiger partial charge in [-0.3, -0.25) is 4.98 Å². The molecule has 0 saturated heterocycles. The fourth-order valence-corrected chi connectivity index (χ4v) is 2.05. The molecule has 0 bridgehead atoms. The predicted molar refractivity (Wildman–Crippen MR) is 72.9 cm³/mol. The van der Waals surface area contributed by atoms with Crippen molar-refractivity contribution in [2.45, 2.75) is 32.4 Å². The number of nitriles is 1. The molecule has 0 aliphatic heterocycles. The number of nitrogens with one attached hydrogen (secondary N) is 1. The summed E-state index contributed by atoms with van der Waals surface area (Å²) in [7, 11) is 0. The highest BCUT2D eigenvalue weighted by Gasteiger charge is 2.06. The van der Waals surface area contributed by atoms with Crippen molar-refractivity contribution in [1.82, 2.24) is 10.3 Å². The van der Waals surface area contributed by atoms with Crippen LogP contribution in [0.4, 0.5) is 0 Å². The van der Waals surface area contributed by atoms with Crippen molar-refractivity contribution in [1.29, 1.82) is 5.26 Å². The van der Waals surface area contributed by atoms with Gasteiger partial charge in [0.2, 0.25) is 0 Å². The summed E-state index contributed by atoms with van der Waals surface area (Å²) in [4.78, 5) is 4.26. The first-order valence-corrected chi connectivity index (χ1v) is 6.27. The minimum atomic E-state index is 0.258. The van der Waals surface area contributed by atoms with Crippen LogP contribution in [0.2, 0.25) is 0 Å². The highest BCUT2D eigenvalue weighted by molar-refractivity contribution is 5.84. The molecule has 3 nitrogen and oxygen atoms in total. The molecule has 0 aliphatic carbocycles. The zero-order valence-electron chi connectivity index (χ0n) is 10.6. The van der Waals surface area contributed by atoms with Crippen molar-refractivity contribution in [3.63, 3.8) is 0 Å². The Kier molecular flexibility index (Phi) is 4.27. The third kappa shape index (κ3) is 2.85. The van der Waals surface area contributed by atoms with Crippen LogP contribution < -0.4 is 5.32 Å². The Hall–Kier alpha value is -1.92. The Morgan fingerprint density at radius 2 is 2.17 bits per heavy atom. The van der Waals surface area contributed by atoms with E-state index in [1.165, 1.54) is 10.9 Å². The molecule has 0 spiro atoms. The second-order valence-corrected chi connectivity index (χ2v) is 4.37. The van der Waals surface area contributed by atoms with E-state index in [0.29, 0.717) is 6.42 Å². The van der Waals surface area contributed by atoms with Crippen LogP contribution in [-0.4, -0.2) is 11.0 Å². The molecule has 0 fully saturated rings. The second-order valence-electron chi connectivity index (χ2n) is 4.37. The molecular formula is C15H17N3. The van der Waals surface area contributed by atoms with Crippen LogP contribution in [0.1, 0.15) is 25.3 Å². The van der Waals surface area contributed by atoms with E-state index in [2.05, 4.69) is 35.4 Å². The summed E-state index contributed by atoms with van der Waals surface area (Å²) in [6.45, 7) is 2.85. The number of hydrogen-bond donors (Lipinski definition) is 1. The van der Waals surface area contributed by atoms with E-state index in [1.54, 1.807) is 0 Å². The van der Waals surface area contributed by atoms with Crippen molar-refractivity contribution in [3.8, 4) is 6.07 Å². The molecule has 0 radical (unpaired) electrons. The average molecular weight is 239 g/mol. The molecule has 92 valence electrons. The lowest BCUT2D eigenvalue weighted by Crippen LogP contribution is -2.27. The van der Waals surface area contributed by atoms with Gasteiger partial charge in [-0.2, -0.15) is 5.26 Å². The molecule has 1 aromatic heterocycles. The highest BCUT2D eigenvalue weighted by Crippen LogP contribution is 2.17. The molecule has 1 atom stereocenters. The van der Waals surface area contributed by atoms with Crippen molar-refractivity contribution in [2.24, 2.45) is 0 Å². The van der Waals surface area contributed by atoms with Crippen LogP contribution in [0, 0.1) is 11.3 Å². The van der Waals surface area contributed by atoms with Crippen molar-refractivity contribution in [2.75, 3.05) is 0 Å². The third-order valence-electron chi connectivity index (χ3n) is 3.16. The van der Waals surface area contributed by atoms with E-state index in [4.69, 9.17) is 5.26 Å². The smallest absolute Gasteiger partial charge is 0.0638 e. The number of rotatable bonds is 5. The molecular weight excluding hydrogens is 222 g/mol. The van der Waals surface area contributed by atoms with Crippen molar-refractivity contribution >= 4 is 10.8 Å². The molecule has 0 saturated carbocycles. The van der Waals surface area contributed by atoms with Gasteiger partial charge in [-0.15, -0.1) is 0 Å². The van der Waals surface area contributed by atoms with Gasteiger partial charge in [0.15, 0.2) is 0 Å². The summed E-state index contributed by atoms with van der Waals surface area (Å²) in [6.07, 6.45) is 5.29. The first kappa shape index (κ1) is 12.5. The van der Waals surface area contributed by atoms with E-state index < -0.39 is 0 Å². The Labute approximate surface area is 107 Å². The van der Waals surface area contributed by atoms with Gasteiger partial charge >= 0.3 is 0 Å². The maximum Gasteiger partial charge on any atom is 0.0638 e. The maximum absolute atomic E-state index is 8.73. The monoisotopic (exact) mass is 239 g/mol. The van der Waals surface area contributed by atoms with Crippen LogP contribution in [-0.2, 0) is 6.54 Å². The van der Waals surface area contributed by atoms with E-state index in [0.717, 1.165) is 18.4 Å². The van der Waals surface area contributed by atoms with Crippen LogP contribution in [0.15, 0.2) is 36.7 Å². The Morgan fingerprint density at radius 1 is 1.33 bits per heavy atom. The van der Waals surface area contributed by atoms with E-state index in [1.807, 2.05) is 24.5 Å². The Morgan fingerprint density at radius 3 is 2.94 bits per heavy atom. The van der Waals surface area contributed by atoms with Crippen LogP contribution in [0.5, 0.6) is 0 Å². The van der Waals surface area contributed by atoms with Gasteiger partial charge in [0.1, 0.15) is 0 Å². The summed E-state index contributed by atoms with van der Waals surface area (Å²) < 4.78 is 0. The number of fused-ring (bicyclic) bond motifs is 1. The molecule has 3 heteroatoms. The highest BCUT2D eigenvalue weighted by atomic mass is 14.9. The third-order valence-corrected chi connectivity index (χ3v) is 3.16. The van der Waals surface area contributed by atoms with E-state index >= 15 is 0 Å². The molecule has 0 amide bonds. The summed E-state index contributed by atoms with van der Waals surface area (Å²) in [5.74, 6) is 0. The number of benzene rings is 1. The topological polar surface area (TPSA) is 48.7 Å². The van der Waals surface area contributed by atoms with E-state index in [9.17, 15) is 0 Å².